The first-order valence-corrected chi connectivity index (χ1v) is 6.29. The van der Waals surface area contributed by atoms with Crippen LogP contribution in [0.4, 0.5) is 5.69 Å². The van der Waals surface area contributed by atoms with E-state index >= 15 is 0 Å². The lowest BCUT2D eigenvalue weighted by Gasteiger charge is -2.23. The first kappa shape index (κ1) is 14.0. The topological polar surface area (TPSA) is 46.2 Å². The summed E-state index contributed by atoms with van der Waals surface area (Å²) in [6, 6.07) is 5.99. The highest BCUT2D eigenvalue weighted by Crippen LogP contribution is 2.31. The molecule has 2 heteroatoms. The van der Waals surface area contributed by atoms with Crippen molar-refractivity contribution in [3.63, 3.8) is 0 Å². The molecule has 0 aromatic heterocycles. The van der Waals surface area contributed by atoms with Crippen molar-refractivity contribution >= 4 is 5.69 Å². The Hall–Kier alpha value is -1.02. The van der Waals surface area contributed by atoms with Gasteiger partial charge in [0.15, 0.2) is 0 Å². The van der Waals surface area contributed by atoms with Gasteiger partial charge in [-0.05, 0) is 29.4 Å². The second-order valence-corrected chi connectivity index (χ2v) is 6.24. The molecule has 0 heterocycles. The summed E-state index contributed by atoms with van der Waals surface area (Å²) in [7, 11) is 0. The molecule has 17 heavy (non-hydrogen) atoms. The van der Waals surface area contributed by atoms with Gasteiger partial charge in [0.05, 0.1) is 6.10 Å². The molecule has 0 amide bonds. The third kappa shape index (κ3) is 3.74. The Labute approximate surface area is 105 Å². The molecule has 1 unspecified atom stereocenters. The Bertz CT molecular complexity index is 377. The fraction of sp³-hybridized carbons (Fsp3) is 0.600. The van der Waals surface area contributed by atoms with E-state index in [0.29, 0.717) is 11.6 Å². The van der Waals surface area contributed by atoms with Gasteiger partial charge in [-0.15, -0.1) is 0 Å². The van der Waals surface area contributed by atoms with Gasteiger partial charge in [-0.3, -0.25) is 0 Å². The van der Waals surface area contributed by atoms with Gasteiger partial charge >= 0.3 is 0 Å². The molecular weight excluding hydrogens is 210 g/mol. The lowest BCUT2D eigenvalue weighted by molar-refractivity contribution is 0.151. The lowest BCUT2D eigenvalue weighted by Crippen LogP contribution is -2.13. The molecular formula is C15H25NO. The maximum absolute atomic E-state index is 10.2. The Balaban J connectivity index is 3.06. The average Bonchev–Trinajstić information content (AvgIpc) is 2.15. The van der Waals surface area contributed by atoms with Crippen molar-refractivity contribution < 1.29 is 5.11 Å². The largest absolute Gasteiger partial charge is 0.398 e. The number of nitrogen functional groups attached to an aromatic ring is 1. The molecule has 1 rings (SSSR count). The SMILES string of the molecule is CC(C)CC(O)c1cc(C(C)(C)C)ccc1N. The van der Waals surface area contributed by atoms with Gasteiger partial charge in [0.1, 0.15) is 0 Å². The van der Waals surface area contributed by atoms with Crippen LogP contribution in [-0.4, -0.2) is 5.11 Å². The number of aliphatic hydroxyl groups is 1. The Morgan fingerprint density at radius 2 is 1.82 bits per heavy atom. The number of benzene rings is 1. The predicted octanol–water partition coefficient (Wildman–Crippen LogP) is 3.65. The summed E-state index contributed by atoms with van der Waals surface area (Å²) >= 11 is 0. The summed E-state index contributed by atoms with van der Waals surface area (Å²) in [5.74, 6) is 0.461. The van der Waals surface area contributed by atoms with Crippen molar-refractivity contribution in [1.29, 1.82) is 0 Å². The van der Waals surface area contributed by atoms with Crippen LogP contribution in [0.3, 0.4) is 0 Å². The van der Waals surface area contributed by atoms with Crippen LogP contribution in [0.15, 0.2) is 18.2 Å². The van der Waals surface area contributed by atoms with Crippen molar-refractivity contribution in [1.82, 2.24) is 0 Å². The van der Waals surface area contributed by atoms with Crippen molar-refractivity contribution in [3.05, 3.63) is 29.3 Å². The molecule has 1 aromatic rings. The molecule has 0 saturated carbocycles. The summed E-state index contributed by atoms with van der Waals surface area (Å²) < 4.78 is 0. The minimum atomic E-state index is -0.461. The number of nitrogens with two attached hydrogens (primary N) is 1. The van der Waals surface area contributed by atoms with Crippen LogP contribution in [0.5, 0.6) is 0 Å². The van der Waals surface area contributed by atoms with E-state index in [1.807, 2.05) is 18.2 Å². The minimum absolute atomic E-state index is 0.0833. The summed E-state index contributed by atoms with van der Waals surface area (Å²) in [5, 5.41) is 10.2. The van der Waals surface area contributed by atoms with E-state index in [2.05, 4.69) is 34.6 Å². The van der Waals surface area contributed by atoms with Gasteiger partial charge in [0, 0.05) is 11.3 Å². The number of rotatable bonds is 3. The summed E-state index contributed by atoms with van der Waals surface area (Å²) in [6.07, 6.45) is 0.287. The van der Waals surface area contributed by atoms with E-state index in [9.17, 15) is 5.11 Å². The summed E-state index contributed by atoms with van der Waals surface area (Å²) in [4.78, 5) is 0. The van der Waals surface area contributed by atoms with Crippen LogP contribution in [-0.2, 0) is 5.41 Å². The maximum atomic E-state index is 10.2. The molecule has 1 aromatic carbocycles. The molecule has 3 N–H and O–H groups in total. The number of hydrogen-bond donors (Lipinski definition) is 2. The average molecular weight is 235 g/mol. The van der Waals surface area contributed by atoms with Crippen molar-refractivity contribution in [2.24, 2.45) is 5.92 Å². The van der Waals surface area contributed by atoms with Crippen LogP contribution in [0, 0.1) is 5.92 Å². The molecule has 0 spiro atoms. The molecule has 0 radical (unpaired) electrons. The van der Waals surface area contributed by atoms with Gasteiger partial charge in [-0.1, -0.05) is 46.8 Å². The van der Waals surface area contributed by atoms with E-state index in [1.54, 1.807) is 0 Å². The monoisotopic (exact) mass is 235 g/mol. The zero-order valence-electron chi connectivity index (χ0n) is 11.6. The second-order valence-electron chi connectivity index (χ2n) is 6.24. The van der Waals surface area contributed by atoms with E-state index in [1.165, 1.54) is 5.56 Å². The van der Waals surface area contributed by atoms with Gasteiger partial charge in [0.2, 0.25) is 0 Å². The van der Waals surface area contributed by atoms with E-state index in [-0.39, 0.29) is 5.41 Å². The second kappa shape index (κ2) is 5.09. The zero-order chi connectivity index (χ0) is 13.2. The Kier molecular flexibility index (Phi) is 4.21. The third-order valence-corrected chi connectivity index (χ3v) is 3.01. The van der Waals surface area contributed by atoms with Gasteiger partial charge in [-0.2, -0.15) is 0 Å². The predicted molar refractivity (Wildman–Crippen MR) is 74.0 cm³/mol. The van der Waals surface area contributed by atoms with Crippen molar-refractivity contribution in [2.75, 3.05) is 5.73 Å². The van der Waals surface area contributed by atoms with Crippen molar-refractivity contribution in [2.45, 2.75) is 52.6 Å². The molecule has 96 valence electrons. The van der Waals surface area contributed by atoms with Gasteiger partial charge in [0.25, 0.3) is 0 Å². The summed E-state index contributed by atoms with van der Waals surface area (Å²) in [5.41, 5.74) is 8.80. The normalized spacial score (nSPS) is 14.1. The molecule has 0 aliphatic heterocycles. The molecule has 0 saturated heterocycles. The van der Waals surface area contributed by atoms with E-state index in [0.717, 1.165) is 12.0 Å². The lowest BCUT2D eigenvalue weighted by atomic mass is 9.84. The van der Waals surface area contributed by atoms with Crippen LogP contribution >= 0.6 is 0 Å². The zero-order valence-corrected chi connectivity index (χ0v) is 11.6. The van der Waals surface area contributed by atoms with Gasteiger partial charge < -0.3 is 10.8 Å². The first-order valence-electron chi connectivity index (χ1n) is 6.29. The minimum Gasteiger partial charge on any atom is -0.398 e. The molecule has 0 aliphatic rings. The van der Waals surface area contributed by atoms with Gasteiger partial charge in [-0.25, -0.2) is 0 Å². The summed E-state index contributed by atoms with van der Waals surface area (Å²) in [6.45, 7) is 10.7. The first-order chi connectivity index (χ1) is 7.71. The highest BCUT2D eigenvalue weighted by molar-refractivity contribution is 5.51. The fourth-order valence-electron chi connectivity index (χ4n) is 1.90. The van der Waals surface area contributed by atoms with Crippen molar-refractivity contribution in [3.8, 4) is 0 Å². The molecule has 1 atom stereocenters. The highest BCUT2D eigenvalue weighted by Gasteiger charge is 2.18. The smallest absolute Gasteiger partial charge is 0.0812 e. The van der Waals surface area contributed by atoms with Crippen LogP contribution in [0.25, 0.3) is 0 Å². The van der Waals surface area contributed by atoms with E-state index in [4.69, 9.17) is 5.73 Å². The Morgan fingerprint density at radius 3 is 2.29 bits per heavy atom. The standard InChI is InChI=1S/C15H25NO/c1-10(2)8-14(17)12-9-11(15(3,4)5)6-7-13(12)16/h6-7,9-10,14,17H,8,16H2,1-5H3. The number of anilines is 1. The Morgan fingerprint density at radius 1 is 1.24 bits per heavy atom. The number of hydrogen-bond acceptors (Lipinski definition) is 2. The molecule has 0 aliphatic carbocycles. The van der Waals surface area contributed by atoms with E-state index < -0.39 is 6.10 Å². The molecule has 2 nitrogen and oxygen atoms in total. The van der Waals surface area contributed by atoms with Crippen LogP contribution < -0.4 is 5.73 Å². The highest BCUT2D eigenvalue weighted by atomic mass is 16.3. The molecule has 0 bridgehead atoms. The third-order valence-electron chi connectivity index (χ3n) is 3.01. The number of aliphatic hydroxyl groups excluding tert-OH is 1. The van der Waals surface area contributed by atoms with Crippen LogP contribution in [0.1, 0.15) is 58.3 Å². The quantitative estimate of drug-likeness (QED) is 0.786. The molecule has 0 fully saturated rings. The fourth-order valence-corrected chi connectivity index (χ4v) is 1.90. The maximum Gasteiger partial charge on any atom is 0.0812 e. The van der Waals surface area contributed by atoms with Crippen LogP contribution in [0.2, 0.25) is 0 Å².